The number of carbonyl (C=O) groups excluding carboxylic acids is 1. The van der Waals surface area contributed by atoms with Gasteiger partial charge in [-0.05, 0) is 55.4 Å². The van der Waals surface area contributed by atoms with Crippen LogP contribution >= 0.6 is 11.8 Å². The molecule has 0 bridgehead atoms. The molecule has 2 aliphatic rings. The van der Waals surface area contributed by atoms with E-state index >= 15 is 0 Å². The van der Waals surface area contributed by atoms with E-state index in [1.165, 1.54) is 35.3 Å². The second-order valence-electron chi connectivity index (χ2n) is 6.12. The summed E-state index contributed by atoms with van der Waals surface area (Å²) in [5.41, 5.74) is 2.93. The zero-order chi connectivity index (χ0) is 14.7. The standard InChI is InChI=1S/C17H23NO2S/c19-10-14-5-2-6-16(14)18-17(20)11-21-15-8-7-12-3-1-4-13(12)9-15/h7-9,14,16,19H,1-6,10-11H2,(H,18,20). The van der Waals surface area contributed by atoms with Crippen molar-refractivity contribution in [2.75, 3.05) is 12.4 Å². The second kappa shape index (κ2) is 6.84. The lowest BCUT2D eigenvalue weighted by Crippen LogP contribution is -2.39. The predicted molar refractivity (Wildman–Crippen MR) is 85.5 cm³/mol. The van der Waals surface area contributed by atoms with Gasteiger partial charge in [0.25, 0.3) is 0 Å². The van der Waals surface area contributed by atoms with Crippen molar-refractivity contribution in [2.45, 2.75) is 49.5 Å². The van der Waals surface area contributed by atoms with E-state index in [1.54, 1.807) is 11.8 Å². The number of rotatable bonds is 5. The van der Waals surface area contributed by atoms with Gasteiger partial charge in [0.2, 0.25) is 5.91 Å². The number of carbonyl (C=O) groups is 1. The lowest BCUT2D eigenvalue weighted by Gasteiger charge is -2.18. The molecule has 21 heavy (non-hydrogen) atoms. The minimum Gasteiger partial charge on any atom is -0.396 e. The fourth-order valence-electron chi connectivity index (χ4n) is 3.48. The molecule has 4 heteroatoms. The summed E-state index contributed by atoms with van der Waals surface area (Å²) in [5, 5.41) is 12.4. The Hall–Kier alpha value is -1.00. The Labute approximate surface area is 130 Å². The molecular weight excluding hydrogens is 282 g/mol. The molecule has 0 radical (unpaired) electrons. The number of aryl methyl sites for hydroxylation is 2. The zero-order valence-corrected chi connectivity index (χ0v) is 13.1. The molecule has 1 aromatic carbocycles. The van der Waals surface area contributed by atoms with Crippen LogP contribution in [0.4, 0.5) is 0 Å². The van der Waals surface area contributed by atoms with Gasteiger partial charge in [0, 0.05) is 23.5 Å². The first-order valence-corrected chi connectivity index (χ1v) is 8.89. The Bertz CT molecular complexity index is 518. The monoisotopic (exact) mass is 305 g/mol. The van der Waals surface area contributed by atoms with Gasteiger partial charge in [-0.25, -0.2) is 0 Å². The van der Waals surface area contributed by atoms with Gasteiger partial charge in [-0.3, -0.25) is 4.79 Å². The van der Waals surface area contributed by atoms with Gasteiger partial charge in [0.1, 0.15) is 0 Å². The minimum atomic E-state index is 0.0887. The summed E-state index contributed by atoms with van der Waals surface area (Å²) in [4.78, 5) is 13.2. The van der Waals surface area contributed by atoms with Gasteiger partial charge in [-0.15, -0.1) is 11.8 Å². The number of aliphatic hydroxyl groups is 1. The van der Waals surface area contributed by atoms with Crippen LogP contribution in [0.25, 0.3) is 0 Å². The topological polar surface area (TPSA) is 49.3 Å². The summed E-state index contributed by atoms with van der Waals surface area (Å²) in [6.07, 6.45) is 6.77. The van der Waals surface area contributed by atoms with Crippen LogP contribution in [0.1, 0.15) is 36.8 Å². The molecule has 0 heterocycles. The summed E-state index contributed by atoms with van der Waals surface area (Å²) >= 11 is 1.61. The lowest BCUT2D eigenvalue weighted by molar-refractivity contribution is -0.119. The number of nitrogens with one attached hydrogen (secondary N) is 1. The first-order chi connectivity index (χ1) is 10.3. The maximum atomic E-state index is 12.1. The first-order valence-electron chi connectivity index (χ1n) is 7.91. The second-order valence-corrected chi connectivity index (χ2v) is 7.17. The average Bonchev–Trinajstić information content (AvgIpc) is 3.12. The molecule has 1 saturated carbocycles. The van der Waals surface area contributed by atoms with Gasteiger partial charge in [0.05, 0.1) is 5.75 Å². The van der Waals surface area contributed by atoms with Crippen molar-refractivity contribution in [1.82, 2.24) is 5.32 Å². The Kier molecular flexibility index (Phi) is 4.86. The highest BCUT2D eigenvalue weighted by Crippen LogP contribution is 2.28. The molecule has 3 nitrogen and oxygen atoms in total. The Balaban J connectivity index is 1.49. The molecule has 0 spiro atoms. The van der Waals surface area contributed by atoms with Crippen LogP contribution in [0.5, 0.6) is 0 Å². The number of amides is 1. The van der Waals surface area contributed by atoms with Crippen LogP contribution in [-0.4, -0.2) is 29.4 Å². The van der Waals surface area contributed by atoms with Crippen molar-refractivity contribution in [2.24, 2.45) is 5.92 Å². The van der Waals surface area contributed by atoms with E-state index in [0.717, 1.165) is 19.3 Å². The Morgan fingerprint density at radius 2 is 2.10 bits per heavy atom. The predicted octanol–water partition coefficient (Wildman–Crippen LogP) is 2.54. The molecule has 0 aliphatic heterocycles. The highest BCUT2D eigenvalue weighted by atomic mass is 32.2. The molecule has 2 unspecified atom stereocenters. The third-order valence-corrected chi connectivity index (χ3v) is 5.67. The quantitative estimate of drug-likeness (QED) is 0.822. The van der Waals surface area contributed by atoms with Crippen molar-refractivity contribution in [3.8, 4) is 0 Å². The zero-order valence-electron chi connectivity index (χ0n) is 12.3. The van der Waals surface area contributed by atoms with Crippen molar-refractivity contribution in [3.05, 3.63) is 29.3 Å². The Morgan fingerprint density at radius 1 is 1.24 bits per heavy atom. The molecule has 114 valence electrons. The van der Waals surface area contributed by atoms with E-state index in [1.807, 2.05) is 0 Å². The molecular formula is C17H23NO2S. The van der Waals surface area contributed by atoms with Gasteiger partial charge in [-0.1, -0.05) is 12.5 Å². The molecule has 1 aromatic rings. The summed E-state index contributed by atoms with van der Waals surface area (Å²) in [6, 6.07) is 6.75. The molecule has 2 atom stereocenters. The van der Waals surface area contributed by atoms with E-state index in [2.05, 4.69) is 23.5 Å². The molecule has 3 rings (SSSR count). The number of thioether (sulfide) groups is 1. The maximum Gasteiger partial charge on any atom is 0.230 e. The van der Waals surface area contributed by atoms with Crippen molar-refractivity contribution in [1.29, 1.82) is 0 Å². The van der Waals surface area contributed by atoms with Gasteiger partial charge in [0.15, 0.2) is 0 Å². The van der Waals surface area contributed by atoms with E-state index in [4.69, 9.17) is 0 Å². The van der Waals surface area contributed by atoms with Crippen LogP contribution in [0, 0.1) is 5.92 Å². The van der Waals surface area contributed by atoms with Crippen LogP contribution in [0.3, 0.4) is 0 Å². The fraction of sp³-hybridized carbons (Fsp3) is 0.588. The summed E-state index contributed by atoms with van der Waals surface area (Å²) in [7, 11) is 0. The lowest BCUT2D eigenvalue weighted by atomic mass is 10.1. The van der Waals surface area contributed by atoms with E-state index < -0.39 is 0 Å². The summed E-state index contributed by atoms with van der Waals surface area (Å²) in [5.74, 6) is 0.803. The fourth-order valence-corrected chi connectivity index (χ4v) is 4.25. The maximum absolute atomic E-state index is 12.1. The van der Waals surface area contributed by atoms with Gasteiger partial charge in [-0.2, -0.15) is 0 Å². The highest BCUT2D eigenvalue weighted by molar-refractivity contribution is 8.00. The van der Waals surface area contributed by atoms with Crippen LogP contribution in [0.2, 0.25) is 0 Å². The van der Waals surface area contributed by atoms with Gasteiger partial charge >= 0.3 is 0 Å². The van der Waals surface area contributed by atoms with E-state index in [0.29, 0.717) is 5.75 Å². The summed E-state index contributed by atoms with van der Waals surface area (Å²) < 4.78 is 0. The molecule has 0 saturated heterocycles. The molecule has 1 fully saturated rings. The molecule has 2 N–H and O–H groups in total. The van der Waals surface area contributed by atoms with E-state index in [-0.39, 0.29) is 24.5 Å². The number of hydrogen-bond donors (Lipinski definition) is 2. The first kappa shape index (κ1) is 14.9. The summed E-state index contributed by atoms with van der Waals surface area (Å²) in [6.45, 7) is 0.183. The highest BCUT2D eigenvalue weighted by Gasteiger charge is 2.27. The number of aliphatic hydroxyl groups excluding tert-OH is 1. The van der Waals surface area contributed by atoms with Crippen LogP contribution < -0.4 is 5.32 Å². The average molecular weight is 305 g/mol. The number of fused-ring (bicyclic) bond motifs is 1. The molecule has 0 aromatic heterocycles. The number of benzene rings is 1. The third kappa shape index (κ3) is 3.61. The largest absolute Gasteiger partial charge is 0.396 e. The smallest absolute Gasteiger partial charge is 0.230 e. The normalized spacial score (nSPS) is 24.0. The van der Waals surface area contributed by atoms with Gasteiger partial charge < -0.3 is 10.4 Å². The SMILES string of the molecule is O=C(CSc1ccc2c(c1)CCC2)NC1CCCC1CO. The molecule has 2 aliphatic carbocycles. The third-order valence-electron chi connectivity index (χ3n) is 4.68. The van der Waals surface area contributed by atoms with E-state index in [9.17, 15) is 9.90 Å². The Morgan fingerprint density at radius 3 is 2.95 bits per heavy atom. The minimum absolute atomic E-state index is 0.0887. The number of hydrogen-bond acceptors (Lipinski definition) is 3. The molecule has 1 amide bonds. The van der Waals surface area contributed by atoms with Crippen LogP contribution in [-0.2, 0) is 17.6 Å². The van der Waals surface area contributed by atoms with Crippen LogP contribution in [0.15, 0.2) is 23.1 Å². The van der Waals surface area contributed by atoms with Crippen molar-refractivity contribution < 1.29 is 9.90 Å². The van der Waals surface area contributed by atoms with Crippen molar-refractivity contribution in [3.63, 3.8) is 0 Å². The van der Waals surface area contributed by atoms with Crippen molar-refractivity contribution >= 4 is 17.7 Å².